The zero-order valence-electron chi connectivity index (χ0n) is 13.3. The van der Waals surface area contributed by atoms with Gasteiger partial charge in [-0.3, -0.25) is 9.59 Å². The van der Waals surface area contributed by atoms with Gasteiger partial charge in [0.1, 0.15) is 0 Å². The van der Waals surface area contributed by atoms with Crippen LogP contribution in [0.5, 0.6) is 11.5 Å². The van der Waals surface area contributed by atoms with Crippen LogP contribution in [-0.2, 0) is 9.59 Å². The fourth-order valence-electron chi connectivity index (χ4n) is 2.89. The maximum Gasteiger partial charge on any atom is 0.308 e. The van der Waals surface area contributed by atoms with Crippen molar-refractivity contribution in [3.05, 3.63) is 23.3 Å². The van der Waals surface area contributed by atoms with Crippen LogP contribution in [0, 0.1) is 12.8 Å². The number of hydrogen-bond donors (Lipinski definition) is 1. The first kappa shape index (κ1) is 16.1. The lowest BCUT2D eigenvalue weighted by molar-refractivity contribution is -0.141. The smallest absolute Gasteiger partial charge is 0.308 e. The molecule has 1 heterocycles. The molecule has 1 amide bonds. The Labute approximate surface area is 129 Å². The number of amides is 1. The van der Waals surface area contributed by atoms with Crippen LogP contribution in [0.25, 0.3) is 0 Å². The first-order valence-electron chi connectivity index (χ1n) is 7.13. The molecule has 0 radical (unpaired) electrons. The van der Waals surface area contributed by atoms with Gasteiger partial charge in [0, 0.05) is 13.0 Å². The Morgan fingerprint density at radius 3 is 2.41 bits per heavy atom. The van der Waals surface area contributed by atoms with Crippen molar-refractivity contribution in [1.29, 1.82) is 0 Å². The fraction of sp³-hybridized carbons (Fsp3) is 0.500. The Kier molecular flexibility index (Phi) is 4.59. The van der Waals surface area contributed by atoms with Crippen molar-refractivity contribution in [3.63, 3.8) is 0 Å². The van der Waals surface area contributed by atoms with Crippen molar-refractivity contribution in [1.82, 2.24) is 4.90 Å². The summed E-state index contributed by atoms with van der Waals surface area (Å²) in [7, 11) is 3.13. The number of ether oxygens (including phenoxy) is 2. The number of rotatable bonds is 5. The second kappa shape index (κ2) is 6.25. The molecule has 0 aromatic heterocycles. The van der Waals surface area contributed by atoms with Crippen LogP contribution in [0.4, 0.5) is 0 Å². The van der Waals surface area contributed by atoms with Gasteiger partial charge in [-0.05, 0) is 37.1 Å². The van der Waals surface area contributed by atoms with E-state index in [1.165, 1.54) is 0 Å². The molecule has 6 heteroatoms. The number of benzene rings is 1. The molecule has 1 fully saturated rings. The van der Waals surface area contributed by atoms with Crippen LogP contribution in [0.15, 0.2) is 12.1 Å². The van der Waals surface area contributed by atoms with Gasteiger partial charge in [-0.25, -0.2) is 0 Å². The highest BCUT2D eigenvalue weighted by Crippen LogP contribution is 2.36. The molecule has 2 rings (SSSR count). The minimum absolute atomic E-state index is 0.0615. The summed E-state index contributed by atoms with van der Waals surface area (Å²) in [5, 5.41) is 9.09. The highest BCUT2D eigenvalue weighted by Gasteiger charge is 2.37. The highest BCUT2D eigenvalue weighted by molar-refractivity contribution is 5.86. The Bertz CT molecular complexity index is 598. The molecule has 0 spiro atoms. The quantitative estimate of drug-likeness (QED) is 0.900. The summed E-state index contributed by atoms with van der Waals surface area (Å²) in [6.45, 7) is 4.07. The molecule has 2 atom stereocenters. The van der Waals surface area contributed by atoms with E-state index in [0.29, 0.717) is 11.5 Å². The number of aliphatic carboxylic acids is 1. The molecule has 1 aliphatic heterocycles. The van der Waals surface area contributed by atoms with Gasteiger partial charge in [0.15, 0.2) is 11.5 Å². The number of methoxy groups -OCH3 is 2. The molecule has 120 valence electrons. The number of aryl methyl sites for hydroxylation is 1. The number of carbonyl (C=O) groups excluding carboxylic acids is 1. The maximum atomic E-state index is 12.1. The van der Waals surface area contributed by atoms with Crippen molar-refractivity contribution in [2.75, 3.05) is 20.8 Å². The SMILES string of the molecule is COc1cc(C)c(C(C)N2CC(C(=O)O)CC2=O)cc1OC. The molecule has 1 aromatic rings. The van der Waals surface area contributed by atoms with Gasteiger partial charge in [-0.1, -0.05) is 0 Å². The van der Waals surface area contributed by atoms with Crippen molar-refractivity contribution in [3.8, 4) is 11.5 Å². The molecule has 0 bridgehead atoms. The molecule has 6 nitrogen and oxygen atoms in total. The van der Waals surface area contributed by atoms with E-state index in [9.17, 15) is 9.59 Å². The van der Waals surface area contributed by atoms with Gasteiger partial charge in [0.2, 0.25) is 5.91 Å². The van der Waals surface area contributed by atoms with Gasteiger partial charge in [0.25, 0.3) is 0 Å². The molecule has 1 aromatic carbocycles. The van der Waals surface area contributed by atoms with Crippen LogP contribution in [0.3, 0.4) is 0 Å². The summed E-state index contributed by atoms with van der Waals surface area (Å²) in [5.74, 6) is -0.458. The predicted molar refractivity (Wildman–Crippen MR) is 80.2 cm³/mol. The Morgan fingerprint density at radius 2 is 1.91 bits per heavy atom. The number of nitrogens with zero attached hydrogens (tertiary/aromatic N) is 1. The van der Waals surface area contributed by atoms with Crippen LogP contribution in [0.1, 0.15) is 30.5 Å². The molecule has 22 heavy (non-hydrogen) atoms. The summed E-state index contributed by atoms with van der Waals surface area (Å²) in [4.78, 5) is 24.8. The number of carboxylic acid groups (broad SMARTS) is 1. The standard InChI is InChI=1S/C16H21NO5/c1-9-5-13(21-3)14(22-4)7-12(9)10(2)17-8-11(16(19)20)6-15(17)18/h5,7,10-11H,6,8H2,1-4H3,(H,19,20). The van der Waals surface area contributed by atoms with Crippen molar-refractivity contribution in [2.45, 2.75) is 26.3 Å². The maximum absolute atomic E-state index is 12.1. The largest absolute Gasteiger partial charge is 0.493 e. The lowest BCUT2D eigenvalue weighted by atomic mass is 10.0. The first-order chi connectivity index (χ1) is 10.4. The van der Waals surface area contributed by atoms with Crippen LogP contribution in [0.2, 0.25) is 0 Å². The molecule has 2 unspecified atom stereocenters. The lowest BCUT2D eigenvalue weighted by Gasteiger charge is -2.27. The summed E-state index contributed by atoms with van der Waals surface area (Å²) < 4.78 is 10.6. The average molecular weight is 307 g/mol. The van der Waals surface area contributed by atoms with Gasteiger partial charge in [-0.15, -0.1) is 0 Å². The monoisotopic (exact) mass is 307 g/mol. The highest BCUT2D eigenvalue weighted by atomic mass is 16.5. The van der Waals surface area contributed by atoms with Crippen molar-refractivity contribution in [2.24, 2.45) is 5.92 Å². The van der Waals surface area contributed by atoms with Crippen LogP contribution < -0.4 is 9.47 Å². The third kappa shape index (κ3) is 2.86. The molecule has 1 N–H and O–H groups in total. The van der Waals surface area contributed by atoms with E-state index >= 15 is 0 Å². The number of carboxylic acids is 1. The molecular weight excluding hydrogens is 286 g/mol. The minimum Gasteiger partial charge on any atom is -0.493 e. The molecule has 0 aliphatic carbocycles. The van der Waals surface area contributed by atoms with Crippen molar-refractivity contribution < 1.29 is 24.2 Å². The van der Waals surface area contributed by atoms with Gasteiger partial charge in [0.05, 0.1) is 26.2 Å². The Morgan fingerprint density at radius 1 is 1.32 bits per heavy atom. The lowest BCUT2D eigenvalue weighted by Crippen LogP contribution is -2.29. The zero-order valence-corrected chi connectivity index (χ0v) is 13.3. The van der Waals surface area contributed by atoms with E-state index in [2.05, 4.69) is 0 Å². The summed E-state index contributed by atoms with van der Waals surface area (Å²) >= 11 is 0. The third-order valence-electron chi connectivity index (χ3n) is 4.20. The topological polar surface area (TPSA) is 76.1 Å². The second-order valence-corrected chi connectivity index (χ2v) is 5.53. The Hall–Kier alpha value is -2.24. The predicted octanol–water partition coefficient (Wildman–Crippen LogP) is 2.01. The van der Waals surface area contributed by atoms with E-state index in [1.54, 1.807) is 19.1 Å². The number of likely N-dealkylation sites (tertiary alicyclic amines) is 1. The molecule has 0 saturated carbocycles. The summed E-state index contributed by atoms with van der Waals surface area (Å²) in [6, 6.07) is 3.50. The van der Waals surface area contributed by atoms with E-state index in [1.807, 2.05) is 26.0 Å². The van der Waals surface area contributed by atoms with E-state index in [4.69, 9.17) is 14.6 Å². The van der Waals surface area contributed by atoms with Gasteiger partial charge in [-0.2, -0.15) is 0 Å². The van der Waals surface area contributed by atoms with E-state index < -0.39 is 11.9 Å². The average Bonchev–Trinajstić information content (AvgIpc) is 2.88. The van der Waals surface area contributed by atoms with E-state index in [0.717, 1.165) is 11.1 Å². The molecule has 1 aliphatic rings. The Balaban J connectivity index is 2.31. The summed E-state index contributed by atoms with van der Waals surface area (Å²) in [5.41, 5.74) is 1.90. The van der Waals surface area contributed by atoms with Gasteiger partial charge < -0.3 is 19.5 Å². The van der Waals surface area contributed by atoms with Crippen molar-refractivity contribution >= 4 is 11.9 Å². The minimum atomic E-state index is -0.924. The normalized spacial score (nSPS) is 19.2. The first-order valence-corrected chi connectivity index (χ1v) is 7.13. The number of hydrogen-bond acceptors (Lipinski definition) is 4. The second-order valence-electron chi connectivity index (χ2n) is 5.53. The third-order valence-corrected chi connectivity index (χ3v) is 4.20. The number of carbonyl (C=O) groups is 2. The van der Waals surface area contributed by atoms with Gasteiger partial charge >= 0.3 is 5.97 Å². The molecular formula is C16H21NO5. The summed E-state index contributed by atoms with van der Waals surface area (Å²) in [6.07, 6.45) is 0.0615. The zero-order chi connectivity index (χ0) is 16.4. The molecule has 1 saturated heterocycles. The van der Waals surface area contributed by atoms with Crippen LogP contribution >= 0.6 is 0 Å². The fourth-order valence-corrected chi connectivity index (χ4v) is 2.89. The van der Waals surface area contributed by atoms with Crippen LogP contribution in [-0.4, -0.2) is 42.6 Å². The van der Waals surface area contributed by atoms with E-state index in [-0.39, 0.29) is 24.9 Å².